The minimum Gasteiger partial charge on any atom is -0.493 e. The van der Waals surface area contributed by atoms with E-state index in [-0.39, 0.29) is 30.6 Å². The third-order valence-electron chi connectivity index (χ3n) is 4.52. The molecule has 0 aromatic heterocycles. The maximum Gasteiger partial charge on any atom is 0.231 e. The van der Waals surface area contributed by atoms with E-state index in [4.69, 9.17) is 9.47 Å². The molecule has 0 unspecified atom stereocenters. The highest BCUT2D eigenvalue weighted by Crippen LogP contribution is 2.35. The van der Waals surface area contributed by atoms with Crippen molar-refractivity contribution in [1.29, 1.82) is 0 Å². The average molecular weight is 430 g/mol. The summed E-state index contributed by atoms with van der Waals surface area (Å²) in [6.07, 6.45) is 3.49. The number of amides is 1. The number of carbonyl (C=O) groups excluding carboxylic acids is 2. The lowest BCUT2D eigenvalue weighted by atomic mass is 9.96. The molecule has 0 fully saturated rings. The van der Waals surface area contributed by atoms with Crippen LogP contribution >= 0.6 is 15.9 Å². The molecule has 5 nitrogen and oxygen atoms in total. The molecule has 1 atom stereocenters. The van der Waals surface area contributed by atoms with Gasteiger partial charge in [-0.15, -0.1) is 0 Å². The lowest BCUT2D eigenvalue weighted by Crippen LogP contribution is -2.35. The molecule has 0 radical (unpaired) electrons. The highest BCUT2D eigenvalue weighted by atomic mass is 79.9. The molecule has 1 aliphatic rings. The first kappa shape index (κ1) is 19.2. The van der Waals surface area contributed by atoms with E-state index < -0.39 is 0 Å². The Kier molecular flexibility index (Phi) is 5.96. The normalized spacial score (nSPS) is 16.3. The zero-order chi connectivity index (χ0) is 19.4. The van der Waals surface area contributed by atoms with Gasteiger partial charge in [-0.25, -0.2) is 0 Å². The number of nitrogens with zero attached hydrogens (tertiary/aromatic N) is 1. The standard InChI is InChI=1S/C21H20BrNO4/c1-26-19-10-15(17(22)13-20(19)27-2)11-21(25)23-9-8-16(24)12-18(23)14-6-4-3-5-7-14/h3-10,13,18H,11-12H2,1-2H3/t18-/m0/s1. The van der Waals surface area contributed by atoms with Gasteiger partial charge in [0.25, 0.3) is 0 Å². The number of benzene rings is 2. The molecule has 1 heterocycles. The summed E-state index contributed by atoms with van der Waals surface area (Å²) < 4.78 is 11.4. The Bertz CT molecular complexity index is 879. The van der Waals surface area contributed by atoms with Crippen molar-refractivity contribution in [3.05, 3.63) is 70.3 Å². The SMILES string of the molecule is COc1cc(Br)c(CC(=O)N2C=CC(=O)C[C@H]2c2ccccc2)cc1OC. The zero-order valence-corrected chi connectivity index (χ0v) is 16.7. The van der Waals surface area contributed by atoms with Crippen LogP contribution in [0.2, 0.25) is 0 Å². The summed E-state index contributed by atoms with van der Waals surface area (Å²) in [5.41, 5.74) is 1.73. The molecule has 0 bridgehead atoms. The molecule has 0 saturated carbocycles. The van der Waals surface area contributed by atoms with Crippen LogP contribution in [0.5, 0.6) is 11.5 Å². The zero-order valence-electron chi connectivity index (χ0n) is 15.1. The van der Waals surface area contributed by atoms with Crippen LogP contribution in [0.25, 0.3) is 0 Å². The summed E-state index contributed by atoms with van der Waals surface area (Å²) >= 11 is 3.49. The van der Waals surface area contributed by atoms with Crippen LogP contribution in [-0.4, -0.2) is 30.8 Å². The summed E-state index contributed by atoms with van der Waals surface area (Å²) in [7, 11) is 3.12. The van der Waals surface area contributed by atoms with Gasteiger partial charge in [0.1, 0.15) is 0 Å². The second-order valence-electron chi connectivity index (χ2n) is 6.19. The van der Waals surface area contributed by atoms with Gasteiger partial charge in [0.05, 0.1) is 26.7 Å². The number of methoxy groups -OCH3 is 2. The molecule has 3 rings (SSSR count). The molecule has 0 aliphatic carbocycles. The van der Waals surface area contributed by atoms with Gasteiger partial charge in [0, 0.05) is 17.1 Å². The first-order valence-corrected chi connectivity index (χ1v) is 9.30. The minimum atomic E-state index is -0.296. The van der Waals surface area contributed by atoms with E-state index in [0.29, 0.717) is 11.5 Å². The van der Waals surface area contributed by atoms with Gasteiger partial charge < -0.3 is 14.4 Å². The van der Waals surface area contributed by atoms with Crippen molar-refractivity contribution >= 4 is 27.6 Å². The van der Waals surface area contributed by atoms with Crippen molar-refractivity contribution in [3.63, 3.8) is 0 Å². The summed E-state index contributed by atoms with van der Waals surface area (Å²) in [6.45, 7) is 0. The van der Waals surface area contributed by atoms with Crippen molar-refractivity contribution in [2.45, 2.75) is 18.9 Å². The average Bonchev–Trinajstić information content (AvgIpc) is 2.69. The molecule has 0 N–H and O–H groups in total. The molecule has 140 valence electrons. The van der Waals surface area contributed by atoms with Gasteiger partial charge in [-0.2, -0.15) is 0 Å². The summed E-state index contributed by atoms with van der Waals surface area (Å²) in [4.78, 5) is 26.6. The summed E-state index contributed by atoms with van der Waals surface area (Å²) in [5, 5.41) is 0. The van der Waals surface area contributed by atoms with Crippen molar-refractivity contribution in [3.8, 4) is 11.5 Å². The predicted molar refractivity (Wildman–Crippen MR) is 106 cm³/mol. The fraction of sp³-hybridized carbons (Fsp3) is 0.238. The Morgan fingerprint density at radius 1 is 1.15 bits per heavy atom. The van der Waals surface area contributed by atoms with Crippen LogP contribution in [0, 0.1) is 0 Å². The molecule has 1 amide bonds. The minimum absolute atomic E-state index is 0.0141. The van der Waals surface area contributed by atoms with Crippen molar-refractivity contribution < 1.29 is 19.1 Å². The Morgan fingerprint density at radius 3 is 2.48 bits per heavy atom. The number of carbonyl (C=O) groups is 2. The topological polar surface area (TPSA) is 55.8 Å². The smallest absolute Gasteiger partial charge is 0.231 e. The second-order valence-corrected chi connectivity index (χ2v) is 7.04. The Balaban J connectivity index is 1.88. The monoisotopic (exact) mass is 429 g/mol. The van der Waals surface area contributed by atoms with E-state index in [1.165, 1.54) is 6.08 Å². The molecular weight excluding hydrogens is 410 g/mol. The third kappa shape index (κ3) is 4.22. The highest BCUT2D eigenvalue weighted by Gasteiger charge is 2.29. The fourth-order valence-electron chi connectivity index (χ4n) is 3.12. The Labute approximate surface area is 166 Å². The number of rotatable bonds is 5. The van der Waals surface area contributed by atoms with Gasteiger partial charge >= 0.3 is 0 Å². The fourth-order valence-corrected chi connectivity index (χ4v) is 3.58. The lowest BCUT2D eigenvalue weighted by Gasteiger charge is -2.31. The second kappa shape index (κ2) is 8.39. The van der Waals surface area contributed by atoms with Crippen LogP contribution in [-0.2, 0) is 16.0 Å². The number of hydrogen-bond acceptors (Lipinski definition) is 4. The van der Waals surface area contributed by atoms with Gasteiger partial charge in [-0.1, -0.05) is 46.3 Å². The number of allylic oxidation sites excluding steroid dienone is 1. The lowest BCUT2D eigenvalue weighted by molar-refractivity contribution is -0.131. The van der Waals surface area contributed by atoms with Gasteiger partial charge in [-0.3, -0.25) is 9.59 Å². The molecule has 2 aromatic rings. The van der Waals surface area contributed by atoms with E-state index in [1.54, 1.807) is 37.5 Å². The molecular formula is C21H20BrNO4. The van der Waals surface area contributed by atoms with Gasteiger partial charge in [0.2, 0.25) is 5.91 Å². The maximum atomic E-state index is 13.0. The molecule has 1 aliphatic heterocycles. The van der Waals surface area contributed by atoms with Crippen LogP contribution in [0.1, 0.15) is 23.6 Å². The van der Waals surface area contributed by atoms with E-state index in [1.807, 2.05) is 30.3 Å². The van der Waals surface area contributed by atoms with E-state index in [0.717, 1.165) is 15.6 Å². The number of halogens is 1. The van der Waals surface area contributed by atoms with Crippen molar-refractivity contribution in [1.82, 2.24) is 4.90 Å². The van der Waals surface area contributed by atoms with E-state index >= 15 is 0 Å². The van der Waals surface area contributed by atoms with E-state index in [9.17, 15) is 9.59 Å². The Morgan fingerprint density at radius 2 is 1.81 bits per heavy atom. The van der Waals surface area contributed by atoms with Crippen molar-refractivity contribution in [2.24, 2.45) is 0 Å². The highest BCUT2D eigenvalue weighted by molar-refractivity contribution is 9.10. The molecule has 27 heavy (non-hydrogen) atoms. The molecule has 0 spiro atoms. The molecule has 0 saturated heterocycles. The first-order chi connectivity index (χ1) is 13.0. The number of ketones is 1. The van der Waals surface area contributed by atoms with Crippen LogP contribution in [0.4, 0.5) is 0 Å². The summed E-state index contributed by atoms with van der Waals surface area (Å²) in [6, 6.07) is 12.9. The van der Waals surface area contributed by atoms with Gasteiger partial charge in [0.15, 0.2) is 17.3 Å². The number of hydrogen-bond donors (Lipinski definition) is 0. The summed E-state index contributed by atoms with van der Waals surface area (Å²) in [5.74, 6) is 1.07. The number of ether oxygens (including phenoxy) is 2. The van der Waals surface area contributed by atoms with Crippen molar-refractivity contribution in [2.75, 3.05) is 14.2 Å². The quantitative estimate of drug-likeness (QED) is 0.718. The Hall–Kier alpha value is -2.60. The molecule has 6 heteroatoms. The first-order valence-electron chi connectivity index (χ1n) is 8.51. The van der Waals surface area contributed by atoms with Crippen LogP contribution < -0.4 is 9.47 Å². The van der Waals surface area contributed by atoms with Crippen LogP contribution in [0.15, 0.2) is 59.2 Å². The van der Waals surface area contributed by atoms with E-state index in [2.05, 4.69) is 15.9 Å². The largest absolute Gasteiger partial charge is 0.493 e. The van der Waals surface area contributed by atoms with Crippen LogP contribution in [0.3, 0.4) is 0 Å². The maximum absolute atomic E-state index is 13.0. The molecule has 2 aromatic carbocycles. The third-order valence-corrected chi connectivity index (χ3v) is 5.26. The predicted octanol–water partition coefficient (Wildman–Crippen LogP) is 4.07. The van der Waals surface area contributed by atoms with Gasteiger partial charge in [-0.05, 0) is 29.3 Å².